The number of esters is 1. The number of hydrogen-bond donors (Lipinski definition) is 2. The molecule has 1 aromatic carbocycles. The smallest absolute Gasteiger partial charge is 0.340 e. The Balaban J connectivity index is 0.000000181. The highest BCUT2D eigenvalue weighted by molar-refractivity contribution is 6.02. The molecule has 7 heteroatoms. The summed E-state index contributed by atoms with van der Waals surface area (Å²) < 4.78 is 5.48. The second-order valence-corrected chi connectivity index (χ2v) is 11.5. The molecule has 2 fully saturated rings. The number of carboxylic acids is 1. The molecular weight excluding hydrogens is 492 g/mol. The zero-order valence-corrected chi connectivity index (χ0v) is 23.2. The first-order valence-corrected chi connectivity index (χ1v) is 14.5. The lowest BCUT2D eigenvalue weighted by atomic mass is 9.80. The highest BCUT2D eigenvalue weighted by atomic mass is 16.6. The van der Waals surface area contributed by atoms with Gasteiger partial charge in [0, 0.05) is 5.92 Å². The average Bonchev–Trinajstić information content (AvgIpc) is 3.28. The quantitative estimate of drug-likeness (QED) is 0.429. The van der Waals surface area contributed by atoms with Crippen molar-refractivity contribution in [2.45, 2.75) is 101 Å². The molecule has 1 heterocycles. The number of aliphatic imine (C=N–C) groups is 1. The van der Waals surface area contributed by atoms with E-state index < -0.39 is 17.0 Å². The Bertz CT molecular complexity index is 1110. The summed E-state index contributed by atoms with van der Waals surface area (Å²) in [5, 5.41) is 12.3. The molecule has 4 aliphatic rings. The predicted molar refractivity (Wildman–Crippen MR) is 151 cm³/mol. The lowest BCUT2D eigenvalue weighted by molar-refractivity contribution is -0.150. The van der Waals surface area contributed by atoms with Crippen LogP contribution in [-0.2, 0) is 19.1 Å². The maximum absolute atomic E-state index is 12.4. The number of aliphatic carboxylic acids is 1. The van der Waals surface area contributed by atoms with Crippen molar-refractivity contribution in [1.29, 1.82) is 0 Å². The van der Waals surface area contributed by atoms with Gasteiger partial charge in [0.25, 0.3) is 0 Å². The van der Waals surface area contributed by atoms with Crippen molar-refractivity contribution < 1.29 is 24.2 Å². The van der Waals surface area contributed by atoms with Crippen LogP contribution in [0, 0.1) is 11.8 Å². The summed E-state index contributed by atoms with van der Waals surface area (Å²) in [4.78, 5) is 40.8. The number of allylic oxidation sites excluding steroid dienone is 4. The fraction of sp³-hybridized carbons (Fsp3) is 0.562. The normalized spacial score (nSPS) is 24.5. The van der Waals surface area contributed by atoms with Crippen LogP contribution in [0.2, 0.25) is 0 Å². The number of hydrogen-bond acceptors (Lipinski definition) is 5. The molecule has 0 radical (unpaired) electrons. The minimum atomic E-state index is -1.04. The maximum atomic E-state index is 12.4. The van der Waals surface area contributed by atoms with Crippen molar-refractivity contribution in [3.8, 4) is 0 Å². The van der Waals surface area contributed by atoms with Crippen LogP contribution in [0.15, 0.2) is 59.6 Å². The van der Waals surface area contributed by atoms with E-state index in [9.17, 15) is 19.5 Å². The summed E-state index contributed by atoms with van der Waals surface area (Å²) in [7, 11) is 0. The van der Waals surface area contributed by atoms with Crippen LogP contribution >= 0.6 is 0 Å². The second-order valence-electron chi connectivity index (χ2n) is 11.5. The zero-order chi connectivity index (χ0) is 27.9. The molecule has 3 atom stereocenters. The summed E-state index contributed by atoms with van der Waals surface area (Å²) in [6.45, 7) is 3.92. The van der Waals surface area contributed by atoms with Crippen LogP contribution in [0.4, 0.5) is 0 Å². The fourth-order valence-electron chi connectivity index (χ4n) is 6.05. The molecule has 39 heavy (non-hydrogen) atoms. The van der Waals surface area contributed by atoms with E-state index in [1.165, 1.54) is 6.42 Å². The minimum Gasteiger partial charge on any atom is -0.480 e. The summed E-state index contributed by atoms with van der Waals surface area (Å²) in [6.07, 6.45) is 17.7. The topological polar surface area (TPSA) is 105 Å². The summed E-state index contributed by atoms with van der Waals surface area (Å²) in [5.41, 5.74) is -0.462. The number of rotatable bonds is 6. The largest absolute Gasteiger partial charge is 0.480 e. The van der Waals surface area contributed by atoms with Gasteiger partial charge >= 0.3 is 11.9 Å². The van der Waals surface area contributed by atoms with Gasteiger partial charge in [-0.2, -0.15) is 0 Å². The number of nitrogens with one attached hydrogen (secondary N) is 1. The van der Waals surface area contributed by atoms with Gasteiger partial charge in [-0.05, 0) is 50.5 Å². The number of carbonyl (C=O) groups excluding carboxylic acids is 2. The standard InChI is InChI=1S/C16H23NO3.C16H19NO2/c1-12(13-8-4-2-5-9-13)14(18)17-16(15(19)20)10-6-3-7-11-16;1-12(13-8-4-2-5-9-13)14-17-16(15(18)19-14)10-6-3-7-11-16/h2,4-5,8,12-13H,3,6-7,9-11H2,1H3,(H,17,18)(H,19,20);2,4-5,8-9,12H,3,6-7,10-11H2,1H3/t12-,13?;12-/m00/s1. The monoisotopic (exact) mass is 534 g/mol. The van der Waals surface area contributed by atoms with E-state index in [0.717, 1.165) is 56.9 Å². The van der Waals surface area contributed by atoms with E-state index >= 15 is 0 Å². The molecule has 5 rings (SSSR count). The Morgan fingerprint density at radius 2 is 1.62 bits per heavy atom. The first-order valence-electron chi connectivity index (χ1n) is 14.5. The summed E-state index contributed by atoms with van der Waals surface area (Å²) >= 11 is 0. The molecular formula is C32H42N2O5. The van der Waals surface area contributed by atoms with E-state index in [1.54, 1.807) is 0 Å². The summed E-state index contributed by atoms with van der Waals surface area (Å²) in [6, 6.07) is 10.1. The van der Waals surface area contributed by atoms with E-state index in [-0.39, 0.29) is 29.6 Å². The molecule has 1 aliphatic heterocycles. The number of benzene rings is 1. The van der Waals surface area contributed by atoms with Crippen LogP contribution in [-0.4, -0.2) is 39.9 Å². The average molecular weight is 535 g/mol. The van der Waals surface area contributed by atoms with Gasteiger partial charge in [-0.1, -0.05) is 100 Å². The number of carbonyl (C=O) groups is 3. The SMILES string of the molecule is C[C@H](C(=O)NC1(C(=O)O)CCCCC1)C1C=CC=CC1.C[C@H](C1=NC2(CCCCC2)C(=O)O1)c1ccccc1. The molecule has 1 spiro atoms. The van der Waals surface area contributed by atoms with E-state index in [2.05, 4.69) is 10.3 Å². The lowest BCUT2D eigenvalue weighted by Crippen LogP contribution is -2.57. The Labute approximate surface area is 231 Å². The van der Waals surface area contributed by atoms with Crippen molar-refractivity contribution in [3.05, 3.63) is 60.2 Å². The van der Waals surface area contributed by atoms with Crippen LogP contribution in [0.5, 0.6) is 0 Å². The molecule has 1 unspecified atom stereocenters. The van der Waals surface area contributed by atoms with Crippen molar-refractivity contribution in [3.63, 3.8) is 0 Å². The fourth-order valence-corrected chi connectivity index (χ4v) is 6.05. The van der Waals surface area contributed by atoms with Crippen LogP contribution in [0.3, 0.4) is 0 Å². The Morgan fingerprint density at radius 3 is 2.21 bits per heavy atom. The second kappa shape index (κ2) is 12.8. The van der Waals surface area contributed by atoms with Crippen LogP contribution in [0.25, 0.3) is 0 Å². The highest BCUT2D eigenvalue weighted by Crippen LogP contribution is 2.38. The summed E-state index contributed by atoms with van der Waals surface area (Å²) in [5.74, 6) is -0.561. The van der Waals surface area contributed by atoms with Crippen molar-refractivity contribution in [1.82, 2.24) is 5.32 Å². The maximum Gasteiger partial charge on any atom is 0.340 e. The number of cyclic esters (lactones) is 1. The van der Waals surface area contributed by atoms with E-state index in [0.29, 0.717) is 18.7 Å². The molecule has 1 amide bonds. The van der Waals surface area contributed by atoms with Gasteiger partial charge in [0.2, 0.25) is 11.8 Å². The highest BCUT2D eigenvalue weighted by Gasteiger charge is 2.47. The van der Waals surface area contributed by atoms with Gasteiger partial charge in [-0.3, -0.25) is 4.79 Å². The third-order valence-corrected chi connectivity index (χ3v) is 8.80. The molecule has 210 valence electrons. The third kappa shape index (κ3) is 6.68. The van der Waals surface area contributed by atoms with Gasteiger partial charge in [-0.25, -0.2) is 14.6 Å². The molecule has 2 N–H and O–H groups in total. The molecule has 3 aliphatic carbocycles. The van der Waals surface area contributed by atoms with Crippen molar-refractivity contribution >= 4 is 23.7 Å². The Morgan fingerprint density at radius 1 is 0.974 bits per heavy atom. The van der Waals surface area contributed by atoms with Gasteiger partial charge in [-0.15, -0.1) is 0 Å². The molecule has 0 bridgehead atoms. The van der Waals surface area contributed by atoms with Crippen LogP contribution < -0.4 is 5.32 Å². The minimum absolute atomic E-state index is 0.0476. The van der Waals surface area contributed by atoms with E-state index in [4.69, 9.17) is 4.74 Å². The number of nitrogens with zero attached hydrogens (tertiary/aromatic N) is 1. The molecule has 7 nitrogen and oxygen atoms in total. The van der Waals surface area contributed by atoms with Crippen molar-refractivity contribution in [2.24, 2.45) is 16.8 Å². The van der Waals surface area contributed by atoms with E-state index in [1.807, 2.05) is 68.5 Å². The molecule has 0 aromatic heterocycles. The zero-order valence-electron chi connectivity index (χ0n) is 23.2. The Kier molecular flexibility index (Phi) is 9.41. The lowest BCUT2D eigenvalue weighted by Gasteiger charge is -2.35. The van der Waals surface area contributed by atoms with Crippen molar-refractivity contribution in [2.75, 3.05) is 0 Å². The number of ether oxygens (including phenoxy) is 1. The van der Waals surface area contributed by atoms with Gasteiger partial charge in [0.05, 0.1) is 5.92 Å². The number of amides is 1. The first-order chi connectivity index (χ1) is 18.8. The van der Waals surface area contributed by atoms with Crippen LogP contribution in [0.1, 0.15) is 96.0 Å². The predicted octanol–water partition coefficient (Wildman–Crippen LogP) is 6.11. The van der Waals surface area contributed by atoms with Gasteiger partial charge < -0.3 is 15.2 Å². The Hall–Kier alpha value is -3.22. The third-order valence-electron chi connectivity index (χ3n) is 8.80. The van der Waals surface area contributed by atoms with Gasteiger partial charge in [0.1, 0.15) is 5.54 Å². The first kappa shape index (κ1) is 28.8. The molecule has 2 saturated carbocycles. The molecule has 1 aromatic rings. The number of carboxylic acid groups (broad SMARTS) is 1. The molecule has 0 saturated heterocycles. The van der Waals surface area contributed by atoms with Gasteiger partial charge in [0.15, 0.2) is 5.54 Å².